The summed E-state index contributed by atoms with van der Waals surface area (Å²) >= 11 is 1.33. The average Bonchev–Trinajstić information content (AvgIpc) is 2.97. The zero-order chi connectivity index (χ0) is 16.1. The Labute approximate surface area is 128 Å². The highest BCUT2D eigenvalue weighted by Crippen LogP contribution is 2.46. The molecule has 1 aromatic rings. The highest BCUT2D eigenvalue weighted by molar-refractivity contribution is 7.80. The zero-order valence-electron chi connectivity index (χ0n) is 10.9. The SMILES string of the molecule is O=C(O)NCC1c2sccc2[C@H]2CN1C(=O)N2OS(=O)(=O)O. The normalized spacial score (nSPS) is 23.6. The van der Waals surface area contributed by atoms with Gasteiger partial charge in [-0.05, 0) is 17.0 Å². The van der Waals surface area contributed by atoms with Crippen LogP contribution < -0.4 is 5.32 Å². The molecule has 1 saturated heterocycles. The van der Waals surface area contributed by atoms with Crippen LogP contribution in [0, 0.1) is 0 Å². The maximum absolute atomic E-state index is 12.3. The Balaban J connectivity index is 1.94. The van der Waals surface area contributed by atoms with E-state index >= 15 is 0 Å². The van der Waals surface area contributed by atoms with Gasteiger partial charge in [-0.15, -0.1) is 15.6 Å². The van der Waals surface area contributed by atoms with Crippen LogP contribution >= 0.6 is 11.3 Å². The minimum atomic E-state index is -4.84. The maximum Gasteiger partial charge on any atom is 0.418 e. The first-order valence-corrected chi connectivity index (χ1v) is 8.33. The smallest absolute Gasteiger partial charge is 0.418 e. The Hall–Kier alpha value is -1.89. The minimum Gasteiger partial charge on any atom is -0.465 e. The van der Waals surface area contributed by atoms with Crippen molar-refractivity contribution < 1.29 is 31.9 Å². The minimum absolute atomic E-state index is 0.0268. The van der Waals surface area contributed by atoms with E-state index in [-0.39, 0.29) is 13.1 Å². The van der Waals surface area contributed by atoms with Gasteiger partial charge in [-0.2, -0.15) is 13.5 Å². The number of thiophene rings is 1. The number of nitrogens with one attached hydrogen (secondary N) is 1. The Kier molecular flexibility index (Phi) is 3.47. The van der Waals surface area contributed by atoms with Crippen molar-refractivity contribution in [3.8, 4) is 0 Å². The molecule has 0 aliphatic carbocycles. The first-order valence-electron chi connectivity index (χ1n) is 6.09. The third kappa shape index (κ3) is 2.49. The second-order valence-corrected chi connectivity index (χ2v) is 6.67. The van der Waals surface area contributed by atoms with E-state index in [4.69, 9.17) is 9.66 Å². The van der Waals surface area contributed by atoms with Crippen LogP contribution in [0.25, 0.3) is 0 Å². The Morgan fingerprint density at radius 2 is 2.27 bits per heavy atom. The average molecular weight is 349 g/mol. The summed E-state index contributed by atoms with van der Waals surface area (Å²) < 4.78 is 35.0. The second kappa shape index (κ2) is 5.08. The number of hydroxylamine groups is 2. The van der Waals surface area contributed by atoms with E-state index in [1.807, 2.05) is 0 Å². The molecule has 10 nitrogen and oxygen atoms in total. The number of hydrogen-bond donors (Lipinski definition) is 3. The molecule has 1 fully saturated rings. The third-order valence-electron chi connectivity index (χ3n) is 3.47. The standard InChI is InChI=1S/C10H11N3O7S2/c14-9(15)11-3-6-8-5(1-2-21-8)7-4-12(6)10(16)13(7)20-22(17,18)19/h1-2,6-7,11H,3-4H2,(H,14,15)(H,17,18,19)/t6?,7-/m1/s1. The van der Waals surface area contributed by atoms with Gasteiger partial charge in [0.05, 0.1) is 12.6 Å². The lowest BCUT2D eigenvalue weighted by Gasteiger charge is -2.30. The molecule has 3 heterocycles. The molecule has 12 heteroatoms. The molecule has 2 aliphatic heterocycles. The molecule has 0 aromatic carbocycles. The van der Waals surface area contributed by atoms with Crippen molar-refractivity contribution in [2.45, 2.75) is 12.1 Å². The summed E-state index contributed by atoms with van der Waals surface area (Å²) in [4.78, 5) is 25.0. The molecule has 3 rings (SSSR count). The summed E-state index contributed by atoms with van der Waals surface area (Å²) in [5, 5.41) is 13.3. The van der Waals surface area contributed by atoms with Gasteiger partial charge in [-0.25, -0.2) is 9.59 Å². The van der Waals surface area contributed by atoms with Crippen molar-refractivity contribution in [3.05, 3.63) is 21.9 Å². The highest BCUT2D eigenvalue weighted by Gasteiger charge is 2.50. The number of carbonyl (C=O) groups excluding carboxylic acids is 1. The van der Waals surface area contributed by atoms with Crippen LogP contribution in [0.1, 0.15) is 22.5 Å². The first kappa shape index (κ1) is 15.0. The molecule has 2 atom stereocenters. The van der Waals surface area contributed by atoms with Crippen LogP contribution in [0.3, 0.4) is 0 Å². The number of hydrogen-bond acceptors (Lipinski definition) is 6. The van der Waals surface area contributed by atoms with Crippen LogP contribution in [-0.2, 0) is 14.7 Å². The van der Waals surface area contributed by atoms with Crippen molar-refractivity contribution in [2.75, 3.05) is 13.1 Å². The van der Waals surface area contributed by atoms with E-state index in [0.717, 1.165) is 4.88 Å². The van der Waals surface area contributed by atoms with Gasteiger partial charge in [-0.1, -0.05) is 0 Å². The van der Waals surface area contributed by atoms with Gasteiger partial charge < -0.3 is 15.3 Å². The van der Waals surface area contributed by atoms with Gasteiger partial charge in [0.25, 0.3) is 0 Å². The van der Waals surface area contributed by atoms with Crippen molar-refractivity contribution >= 4 is 33.9 Å². The quantitative estimate of drug-likeness (QED) is 0.676. The fourth-order valence-corrected chi connectivity index (χ4v) is 4.11. The fourth-order valence-electron chi connectivity index (χ4n) is 2.67. The van der Waals surface area contributed by atoms with Crippen LogP contribution in [0.2, 0.25) is 0 Å². The largest absolute Gasteiger partial charge is 0.465 e. The number of urea groups is 1. The predicted molar refractivity (Wildman–Crippen MR) is 72.4 cm³/mol. The molecule has 3 amide bonds. The van der Waals surface area contributed by atoms with Crippen molar-refractivity contribution in [1.29, 1.82) is 0 Å². The third-order valence-corrected chi connectivity index (χ3v) is 4.86. The molecule has 2 aliphatic rings. The highest BCUT2D eigenvalue weighted by atomic mass is 32.3. The number of rotatable bonds is 4. The molecule has 2 bridgehead atoms. The molecule has 120 valence electrons. The van der Waals surface area contributed by atoms with Gasteiger partial charge in [0.15, 0.2) is 0 Å². The molecule has 1 aromatic heterocycles. The summed E-state index contributed by atoms with van der Waals surface area (Å²) in [5.74, 6) is 0. The van der Waals surface area contributed by atoms with E-state index in [1.54, 1.807) is 11.4 Å². The van der Waals surface area contributed by atoms with E-state index in [1.165, 1.54) is 16.2 Å². The first-order chi connectivity index (χ1) is 10.3. The Bertz CT molecular complexity index is 731. The van der Waals surface area contributed by atoms with Gasteiger partial charge in [-0.3, -0.25) is 4.55 Å². The van der Waals surface area contributed by atoms with E-state index in [0.29, 0.717) is 10.6 Å². The van der Waals surface area contributed by atoms with Crippen LogP contribution in [-0.4, -0.2) is 53.3 Å². The Morgan fingerprint density at radius 3 is 2.91 bits per heavy atom. The lowest BCUT2D eigenvalue weighted by Crippen LogP contribution is -2.40. The van der Waals surface area contributed by atoms with Gasteiger partial charge in [0.1, 0.15) is 6.04 Å². The van der Waals surface area contributed by atoms with E-state index in [9.17, 15) is 18.0 Å². The number of carbonyl (C=O) groups is 2. The molecule has 0 spiro atoms. The summed E-state index contributed by atoms with van der Waals surface area (Å²) in [5.41, 5.74) is 0.674. The fraction of sp³-hybridized carbons (Fsp3) is 0.400. The van der Waals surface area contributed by atoms with Crippen molar-refractivity contribution in [3.63, 3.8) is 0 Å². The van der Waals surface area contributed by atoms with E-state index in [2.05, 4.69) is 9.60 Å². The molecule has 0 saturated carbocycles. The van der Waals surface area contributed by atoms with Gasteiger partial charge in [0, 0.05) is 11.4 Å². The van der Waals surface area contributed by atoms with Crippen molar-refractivity contribution in [1.82, 2.24) is 15.3 Å². The molecule has 0 radical (unpaired) electrons. The number of amides is 3. The lowest BCUT2D eigenvalue weighted by molar-refractivity contribution is -0.0316. The Morgan fingerprint density at radius 1 is 1.55 bits per heavy atom. The van der Waals surface area contributed by atoms with Crippen LogP contribution in [0.15, 0.2) is 11.4 Å². The lowest BCUT2D eigenvalue weighted by atomic mass is 10.00. The molecule has 1 unspecified atom stereocenters. The monoisotopic (exact) mass is 349 g/mol. The number of carboxylic acid groups (broad SMARTS) is 1. The number of nitrogens with zero attached hydrogens (tertiary/aromatic N) is 2. The molecular weight excluding hydrogens is 338 g/mol. The predicted octanol–water partition coefficient (Wildman–Crippen LogP) is 0.583. The zero-order valence-corrected chi connectivity index (χ0v) is 12.5. The van der Waals surface area contributed by atoms with Gasteiger partial charge >= 0.3 is 22.5 Å². The molecular formula is C10H11N3O7S2. The van der Waals surface area contributed by atoms with Crippen LogP contribution in [0.4, 0.5) is 9.59 Å². The topological polar surface area (TPSA) is 136 Å². The number of fused-ring (bicyclic) bond motifs is 4. The van der Waals surface area contributed by atoms with Gasteiger partial charge in [0.2, 0.25) is 0 Å². The summed E-state index contributed by atoms with van der Waals surface area (Å²) in [7, 11) is -4.84. The maximum atomic E-state index is 12.3. The second-order valence-electron chi connectivity index (χ2n) is 4.72. The summed E-state index contributed by atoms with van der Waals surface area (Å²) in [6.45, 7) is 0.116. The summed E-state index contributed by atoms with van der Waals surface area (Å²) in [6, 6.07) is -0.251. The van der Waals surface area contributed by atoms with Crippen molar-refractivity contribution in [2.24, 2.45) is 0 Å². The van der Waals surface area contributed by atoms with E-state index < -0.39 is 34.6 Å². The summed E-state index contributed by atoms with van der Waals surface area (Å²) in [6.07, 6.45) is -1.22. The molecule has 3 N–H and O–H groups in total. The molecule has 22 heavy (non-hydrogen) atoms. The van der Waals surface area contributed by atoms with Crippen LogP contribution in [0.5, 0.6) is 0 Å².